The minimum absolute atomic E-state index is 0.0224. The lowest BCUT2D eigenvalue weighted by Gasteiger charge is -2.21. The Morgan fingerprint density at radius 3 is 2.47 bits per heavy atom. The summed E-state index contributed by atoms with van der Waals surface area (Å²) in [7, 11) is 0. The van der Waals surface area contributed by atoms with Gasteiger partial charge in [0.2, 0.25) is 0 Å². The van der Waals surface area contributed by atoms with Crippen LogP contribution in [0.2, 0.25) is 5.02 Å². The Morgan fingerprint density at radius 2 is 1.82 bits per heavy atom. The van der Waals surface area contributed by atoms with Gasteiger partial charge in [-0.05, 0) is 24.0 Å². The van der Waals surface area contributed by atoms with Gasteiger partial charge in [-0.1, -0.05) is 24.4 Å². The first-order chi connectivity index (χ1) is 8.24. The monoisotopic (exact) mass is 272 g/mol. The highest BCUT2D eigenvalue weighted by Crippen LogP contribution is 2.45. The highest BCUT2D eigenvalue weighted by atomic mass is 35.5. The van der Waals surface area contributed by atoms with Gasteiger partial charge in [0.25, 0.3) is 0 Å². The zero-order valence-electron chi connectivity index (χ0n) is 9.42. The van der Waals surface area contributed by atoms with Gasteiger partial charge < -0.3 is 9.47 Å². The number of rotatable bonds is 3. The lowest BCUT2D eigenvalue weighted by atomic mass is 10.1. The van der Waals surface area contributed by atoms with Gasteiger partial charge in [0.05, 0.1) is 5.38 Å². The molecule has 1 saturated carbocycles. The van der Waals surface area contributed by atoms with Gasteiger partial charge in [-0.3, -0.25) is 0 Å². The molecule has 0 amide bonds. The van der Waals surface area contributed by atoms with Crippen LogP contribution in [0.5, 0.6) is 11.5 Å². The maximum absolute atomic E-state index is 6.41. The Bertz CT molecular complexity index is 430. The topological polar surface area (TPSA) is 18.5 Å². The quantitative estimate of drug-likeness (QED) is 0.769. The Hall–Kier alpha value is -0.600. The number of fused-ring (bicyclic) bond motifs is 1. The summed E-state index contributed by atoms with van der Waals surface area (Å²) in [5.41, 5.74) is 0.962. The van der Waals surface area contributed by atoms with Crippen molar-refractivity contribution < 1.29 is 9.47 Å². The van der Waals surface area contributed by atoms with Crippen LogP contribution < -0.4 is 9.47 Å². The lowest BCUT2D eigenvalue weighted by Crippen LogP contribution is -2.15. The zero-order chi connectivity index (χ0) is 11.8. The Morgan fingerprint density at radius 1 is 1.18 bits per heavy atom. The zero-order valence-corrected chi connectivity index (χ0v) is 10.9. The van der Waals surface area contributed by atoms with Crippen molar-refractivity contribution in [1.82, 2.24) is 0 Å². The van der Waals surface area contributed by atoms with Crippen molar-refractivity contribution in [2.45, 2.75) is 24.6 Å². The summed E-state index contributed by atoms with van der Waals surface area (Å²) in [6, 6.07) is 3.74. The predicted octanol–water partition coefficient (Wildman–Crippen LogP) is 4.19. The van der Waals surface area contributed by atoms with Crippen LogP contribution in [0, 0.1) is 5.92 Å². The maximum Gasteiger partial charge on any atom is 0.162 e. The van der Waals surface area contributed by atoms with Crippen LogP contribution in [-0.4, -0.2) is 13.2 Å². The summed E-state index contributed by atoms with van der Waals surface area (Å²) in [6.45, 7) is 1.17. The van der Waals surface area contributed by atoms with Crippen LogP contribution in [0.15, 0.2) is 12.1 Å². The molecule has 17 heavy (non-hydrogen) atoms. The van der Waals surface area contributed by atoms with Crippen LogP contribution in [0.3, 0.4) is 0 Å². The van der Waals surface area contributed by atoms with Gasteiger partial charge in [0.1, 0.15) is 13.2 Å². The first-order valence-corrected chi connectivity index (χ1v) is 6.78. The number of hydrogen-bond donors (Lipinski definition) is 0. The molecule has 0 saturated heterocycles. The average molecular weight is 273 g/mol. The van der Waals surface area contributed by atoms with E-state index in [0.29, 0.717) is 18.2 Å². The van der Waals surface area contributed by atoms with E-state index in [4.69, 9.17) is 32.7 Å². The molecule has 1 atom stereocenters. The van der Waals surface area contributed by atoms with Crippen molar-refractivity contribution in [2.75, 3.05) is 13.2 Å². The first kappa shape index (κ1) is 11.5. The molecule has 0 spiro atoms. The summed E-state index contributed by atoms with van der Waals surface area (Å²) < 4.78 is 11.0. The Kier molecular flexibility index (Phi) is 3.10. The van der Waals surface area contributed by atoms with Crippen LogP contribution >= 0.6 is 23.2 Å². The Labute approximate surface area is 111 Å². The molecule has 1 aliphatic carbocycles. The van der Waals surface area contributed by atoms with Gasteiger partial charge in [0, 0.05) is 11.1 Å². The second kappa shape index (κ2) is 4.58. The van der Waals surface area contributed by atoms with E-state index in [1.54, 1.807) is 0 Å². The van der Waals surface area contributed by atoms with Gasteiger partial charge in [-0.25, -0.2) is 0 Å². The molecule has 0 aromatic heterocycles. The Balaban J connectivity index is 1.87. The van der Waals surface area contributed by atoms with E-state index in [-0.39, 0.29) is 5.38 Å². The van der Waals surface area contributed by atoms with E-state index in [0.717, 1.165) is 29.4 Å². The molecule has 2 nitrogen and oxygen atoms in total. The third-order valence-electron chi connectivity index (χ3n) is 3.24. The largest absolute Gasteiger partial charge is 0.486 e. The molecule has 0 radical (unpaired) electrons. The van der Waals surface area contributed by atoms with Gasteiger partial charge in [-0.15, -0.1) is 11.6 Å². The smallest absolute Gasteiger partial charge is 0.162 e. The molecule has 2 aliphatic rings. The molecule has 92 valence electrons. The van der Waals surface area contributed by atoms with Crippen molar-refractivity contribution in [3.63, 3.8) is 0 Å². The van der Waals surface area contributed by atoms with Crippen molar-refractivity contribution in [2.24, 2.45) is 5.92 Å². The molecule has 0 bridgehead atoms. The number of hydrogen-bond acceptors (Lipinski definition) is 2. The molecular weight excluding hydrogens is 259 g/mol. The average Bonchev–Trinajstić information content (AvgIpc) is 3.12. The number of ether oxygens (including phenoxy) is 2. The first-order valence-electron chi connectivity index (χ1n) is 5.97. The second-order valence-corrected chi connectivity index (χ2v) is 5.60. The van der Waals surface area contributed by atoms with Crippen molar-refractivity contribution in [3.05, 3.63) is 22.7 Å². The summed E-state index contributed by atoms with van der Waals surface area (Å²) >= 11 is 12.6. The normalized spacial score (nSPS) is 20.1. The van der Waals surface area contributed by atoms with E-state index in [1.165, 1.54) is 12.8 Å². The molecule has 1 unspecified atom stereocenters. The van der Waals surface area contributed by atoms with Gasteiger partial charge >= 0.3 is 0 Å². The highest BCUT2D eigenvalue weighted by molar-refractivity contribution is 6.33. The summed E-state index contributed by atoms with van der Waals surface area (Å²) in [4.78, 5) is 0. The fraction of sp³-hybridized carbons (Fsp3) is 0.538. The van der Waals surface area contributed by atoms with E-state index >= 15 is 0 Å². The SMILES string of the molecule is Clc1cc2c(cc1C(Cl)CC1CC1)OCCO2. The summed E-state index contributed by atoms with van der Waals surface area (Å²) in [6.07, 6.45) is 3.59. The standard InChI is InChI=1S/C13H14Cl2O2/c14-10(5-8-1-2-8)9-6-12-13(7-11(9)15)17-4-3-16-12/h6-8,10H,1-5H2. The number of halogens is 2. The fourth-order valence-corrected chi connectivity index (χ4v) is 2.87. The minimum atomic E-state index is -0.0224. The molecule has 3 rings (SSSR count). The summed E-state index contributed by atoms with van der Waals surface area (Å²) in [5, 5.41) is 0.653. The third kappa shape index (κ3) is 2.48. The van der Waals surface area contributed by atoms with Crippen molar-refractivity contribution >= 4 is 23.2 Å². The van der Waals surface area contributed by atoms with Crippen LogP contribution in [0.25, 0.3) is 0 Å². The van der Waals surface area contributed by atoms with Crippen LogP contribution in [0.4, 0.5) is 0 Å². The predicted molar refractivity (Wildman–Crippen MR) is 68.4 cm³/mol. The second-order valence-electron chi connectivity index (χ2n) is 4.66. The fourth-order valence-electron chi connectivity index (χ4n) is 2.09. The molecule has 1 aromatic rings. The molecule has 1 aromatic carbocycles. The molecular formula is C13H14Cl2O2. The maximum atomic E-state index is 6.41. The van der Waals surface area contributed by atoms with Crippen LogP contribution in [0.1, 0.15) is 30.2 Å². The van der Waals surface area contributed by atoms with E-state index in [9.17, 15) is 0 Å². The lowest BCUT2D eigenvalue weighted by molar-refractivity contribution is 0.171. The van der Waals surface area contributed by atoms with E-state index < -0.39 is 0 Å². The van der Waals surface area contributed by atoms with Gasteiger partial charge in [-0.2, -0.15) is 0 Å². The molecule has 0 N–H and O–H groups in total. The van der Waals surface area contributed by atoms with Crippen molar-refractivity contribution in [3.8, 4) is 11.5 Å². The van der Waals surface area contributed by atoms with Crippen LogP contribution in [-0.2, 0) is 0 Å². The van der Waals surface area contributed by atoms with Gasteiger partial charge in [0.15, 0.2) is 11.5 Å². The van der Waals surface area contributed by atoms with E-state index in [2.05, 4.69) is 0 Å². The van der Waals surface area contributed by atoms with Crippen molar-refractivity contribution in [1.29, 1.82) is 0 Å². The number of alkyl halides is 1. The number of benzene rings is 1. The third-order valence-corrected chi connectivity index (χ3v) is 3.98. The summed E-state index contributed by atoms with van der Waals surface area (Å²) in [5.74, 6) is 2.26. The molecule has 4 heteroatoms. The molecule has 1 heterocycles. The van der Waals surface area contributed by atoms with E-state index in [1.807, 2.05) is 12.1 Å². The highest BCUT2D eigenvalue weighted by Gasteiger charge is 2.27. The minimum Gasteiger partial charge on any atom is -0.486 e. The molecule has 1 aliphatic heterocycles. The molecule has 1 fully saturated rings.